The molecule has 18 heavy (non-hydrogen) atoms. The van der Waals surface area contributed by atoms with Crippen LogP contribution in [-0.2, 0) is 11.3 Å². The van der Waals surface area contributed by atoms with Crippen molar-refractivity contribution < 1.29 is 13.9 Å². The van der Waals surface area contributed by atoms with Crippen LogP contribution in [0.25, 0.3) is 0 Å². The van der Waals surface area contributed by atoms with Crippen molar-refractivity contribution in [2.45, 2.75) is 25.4 Å². The number of furan rings is 1. The molecule has 0 radical (unpaired) electrons. The zero-order valence-corrected chi connectivity index (χ0v) is 10.4. The highest BCUT2D eigenvalue weighted by atomic mass is 16.5. The molecule has 1 aliphatic carbocycles. The van der Waals surface area contributed by atoms with Gasteiger partial charge in [0.2, 0.25) is 0 Å². The van der Waals surface area contributed by atoms with Crippen molar-refractivity contribution >= 4 is 6.03 Å². The van der Waals surface area contributed by atoms with Crippen molar-refractivity contribution in [1.82, 2.24) is 9.80 Å². The Balaban J connectivity index is 1.66. The second-order valence-electron chi connectivity index (χ2n) is 4.82. The molecule has 2 aliphatic rings. The molecule has 1 saturated heterocycles. The van der Waals surface area contributed by atoms with Gasteiger partial charge in [-0.25, -0.2) is 4.79 Å². The van der Waals surface area contributed by atoms with E-state index in [1.807, 2.05) is 21.9 Å². The number of carbonyl (C=O) groups is 1. The third-order valence-electron chi connectivity index (χ3n) is 3.42. The van der Waals surface area contributed by atoms with Crippen molar-refractivity contribution in [1.29, 1.82) is 0 Å². The van der Waals surface area contributed by atoms with Gasteiger partial charge in [0.1, 0.15) is 5.76 Å². The highest BCUT2D eigenvalue weighted by Crippen LogP contribution is 2.29. The van der Waals surface area contributed by atoms with Gasteiger partial charge in [-0.15, -0.1) is 0 Å². The molecule has 5 heteroatoms. The number of hydrogen-bond acceptors (Lipinski definition) is 3. The number of urea groups is 1. The summed E-state index contributed by atoms with van der Waals surface area (Å²) in [6.45, 7) is 3.25. The summed E-state index contributed by atoms with van der Waals surface area (Å²) >= 11 is 0. The molecule has 1 aliphatic heterocycles. The van der Waals surface area contributed by atoms with E-state index in [-0.39, 0.29) is 6.03 Å². The van der Waals surface area contributed by atoms with Crippen LogP contribution in [0.5, 0.6) is 0 Å². The molecule has 2 heterocycles. The molecular weight excluding hydrogens is 232 g/mol. The van der Waals surface area contributed by atoms with Crippen LogP contribution in [0.4, 0.5) is 4.79 Å². The molecule has 0 unspecified atom stereocenters. The van der Waals surface area contributed by atoms with Gasteiger partial charge in [0.05, 0.1) is 26.0 Å². The molecule has 0 bridgehead atoms. The van der Waals surface area contributed by atoms with E-state index in [2.05, 4.69) is 0 Å². The van der Waals surface area contributed by atoms with Crippen molar-refractivity contribution in [2.24, 2.45) is 0 Å². The lowest BCUT2D eigenvalue weighted by Gasteiger charge is -2.32. The number of carbonyl (C=O) groups excluding carboxylic acids is 1. The van der Waals surface area contributed by atoms with E-state index in [1.165, 1.54) is 0 Å². The molecule has 1 aromatic heterocycles. The fourth-order valence-corrected chi connectivity index (χ4v) is 2.25. The minimum atomic E-state index is 0.122. The van der Waals surface area contributed by atoms with E-state index in [9.17, 15) is 4.79 Å². The van der Waals surface area contributed by atoms with Crippen LogP contribution in [-0.4, -0.2) is 48.2 Å². The van der Waals surface area contributed by atoms with Gasteiger partial charge < -0.3 is 19.0 Å². The van der Waals surface area contributed by atoms with Crippen LogP contribution in [0.2, 0.25) is 0 Å². The summed E-state index contributed by atoms with van der Waals surface area (Å²) in [6.07, 6.45) is 3.87. The third-order valence-corrected chi connectivity index (χ3v) is 3.42. The number of rotatable bonds is 3. The topological polar surface area (TPSA) is 45.9 Å². The summed E-state index contributed by atoms with van der Waals surface area (Å²) in [5, 5.41) is 0. The number of nitrogens with zero attached hydrogens (tertiary/aromatic N) is 2. The normalized spacial score (nSPS) is 19.9. The Morgan fingerprint density at radius 2 is 2.17 bits per heavy atom. The average Bonchev–Trinajstić information content (AvgIpc) is 3.13. The molecule has 0 spiro atoms. The average molecular weight is 250 g/mol. The molecule has 98 valence electrons. The first-order valence-corrected chi connectivity index (χ1v) is 6.50. The number of morpholine rings is 1. The summed E-state index contributed by atoms with van der Waals surface area (Å²) in [6, 6.07) is 4.30. The van der Waals surface area contributed by atoms with E-state index >= 15 is 0 Å². The first-order valence-electron chi connectivity index (χ1n) is 6.50. The molecule has 0 N–H and O–H groups in total. The van der Waals surface area contributed by atoms with E-state index < -0.39 is 0 Å². The molecule has 2 fully saturated rings. The van der Waals surface area contributed by atoms with Gasteiger partial charge in [-0.2, -0.15) is 0 Å². The zero-order valence-electron chi connectivity index (χ0n) is 10.4. The molecule has 2 amide bonds. The Labute approximate surface area is 106 Å². The molecule has 0 aromatic carbocycles. The molecule has 3 rings (SSSR count). The highest BCUT2D eigenvalue weighted by molar-refractivity contribution is 5.75. The van der Waals surface area contributed by atoms with Crippen molar-refractivity contribution in [3.05, 3.63) is 24.2 Å². The minimum absolute atomic E-state index is 0.122. The van der Waals surface area contributed by atoms with Crippen molar-refractivity contribution in [3.63, 3.8) is 0 Å². The monoisotopic (exact) mass is 250 g/mol. The summed E-state index contributed by atoms with van der Waals surface area (Å²) < 4.78 is 10.6. The molecule has 1 saturated carbocycles. The highest BCUT2D eigenvalue weighted by Gasteiger charge is 2.35. The molecule has 1 aromatic rings. The standard InChI is InChI=1S/C13H18N2O3/c16-13(14-5-8-17-9-6-14)15(11-3-4-11)10-12-2-1-7-18-12/h1-2,7,11H,3-6,8-10H2. The van der Waals surface area contributed by atoms with Gasteiger partial charge in [0.15, 0.2) is 0 Å². The number of amides is 2. The Bertz CT molecular complexity index is 394. The van der Waals surface area contributed by atoms with Gasteiger partial charge in [0.25, 0.3) is 0 Å². The molecular formula is C13H18N2O3. The first-order chi connectivity index (χ1) is 8.84. The van der Waals surface area contributed by atoms with Gasteiger partial charge >= 0.3 is 6.03 Å². The van der Waals surface area contributed by atoms with Gasteiger partial charge in [-0.3, -0.25) is 0 Å². The predicted molar refractivity (Wildman–Crippen MR) is 65.1 cm³/mol. The Morgan fingerprint density at radius 3 is 2.78 bits per heavy atom. The van der Waals surface area contributed by atoms with Crippen LogP contribution in [0, 0.1) is 0 Å². The van der Waals surface area contributed by atoms with Gasteiger partial charge in [-0.05, 0) is 25.0 Å². The van der Waals surface area contributed by atoms with E-state index in [1.54, 1.807) is 6.26 Å². The van der Waals surface area contributed by atoms with Crippen molar-refractivity contribution in [3.8, 4) is 0 Å². The van der Waals surface area contributed by atoms with Crippen LogP contribution in [0.1, 0.15) is 18.6 Å². The predicted octanol–water partition coefficient (Wildman–Crippen LogP) is 1.70. The lowest BCUT2D eigenvalue weighted by atomic mass is 10.3. The van der Waals surface area contributed by atoms with Crippen LogP contribution in [0.15, 0.2) is 22.8 Å². The SMILES string of the molecule is O=C(N1CCOCC1)N(Cc1ccco1)C1CC1. The molecule has 5 nitrogen and oxygen atoms in total. The molecule has 0 atom stereocenters. The van der Waals surface area contributed by atoms with Crippen LogP contribution in [0.3, 0.4) is 0 Å². The first kappa shape index (κ1) is 11.6. The summed E-state index contributed by atoms with van der Waals surface area (Å²) in [5.74, 6) is 0.850. The summed E-state index contributed by atoms with van der Waals surface area (Å²) in [5.41, 5.74) is 0. The maximum Gasteiger partial charge on any atom is 0.320 e. The number of ether oxygens (including phenoxy) is 1. The fourth-order valence-electron chi connectivity index (χ4n) is 2.25. The lowest BCUT2D eigenvalue weighted by molar-refractivity contribution is 0.0412. The van der Waals surface area contributed by atoms with E-state index in [0.29, 0.717) is 38.9 Å². The zero-order chi connectivity index (χ0) is 12.4. The van der Waals surface area contributed by atoms with E-state index in [0.717, 1.165) is 18.6 Å². The maximum atomic E-state index is 12.5. The fraction of sp³-hybridized carbons (Fsp3) is 0.615. The second kappa shape index (κ2) is 5.02. The smallest absolute Gasteiger partial charge is 0.320 e. The second-order valence-corrected chi connectivity index (χ2v) is 4.82. The largest absolute Gasteiger partial charge is 0.467 e. The third kappa shape index (κ3) is 2.51. The van der Waals surface area contributed by atoms with Crippen LogP contribution >= 0.6 is 0 Å². The lowest BCUT2D eigenvalue weighted by Crippen LogP contribution is -2.48. The summed E-state index contributed by atoms with van der Waals surface area (Å²) in [7, 11) is 0. The minimum Gasteiger partial charge on any atom is -0.467 e. The van der Waals surface area contributed by atoms with Gasteiger partial charge in [0, 0.05) is 19.1 Å². The number of hydrogen-bond donors (Lipinski definition) is 0. The quantitative estimate of drug-likeness (QED) is 0.820. The maximum absolute atomic E-state index is 12.5. The Morgan fingerprint density at radius 1 is 1.39 bits per heavy atom. The van der Waals surface area contributed by atoms with Crippen LogP contribution < -0.4 is 0 Å². The van der Waals surface area contributed by atoms with E-state index in [4.69, 9.17) is 9.15 Å². The summed E-state index contributed by atoms with van der Waals surface area (Å²) in [4.78, 5) is 16.3. The Hall–Kier alpha value is -1.49. The van der Waals surface area contributed by atoms with Crippen molar-refractivity contribution in [2.75, 3.05) is 26.3 Å². The Kier molecular flexibility index (Phi) is 3.23. The van der Waals surface area contributed by atoms with Gasteiger partial charge in [-0.1, -0.05) is 0 Å².